The molecule has 0 radical (unpaired) electrons. The van der Waals surface area contributed by atoms with Crippen molar-refractivity contribution in [3.05, 3.63) is 65.9 Å². The monoisotopic (exact) mass is 385 g/mol. The van der Waals surface area contributed by atoms with Crippen LogP contribution in [0.2, 0.25) is 0 Å². The predicted octanol–water partition coefficient (Wildman–Crippen LogP) is 4.99. The normalized spacial score (nSPS) is 14.1. The van der Waals surface area contributed by atoms with E-state index in [-0.39, 0.29) is 0 Å². The third kappa shape index (κ3) is 4.64. The average molecular weight is 385 g/mol. The molecule has 0 saturated carbocycles. The van der Waals surface area contributed by atoms with Crippen molar-refractivity contribution in [2.45, 2.75) is 26.2 Å². The van der Waals surface area contributed by atoms with Gasteiger partial charge in [-0.25, -0.2) is 9.67 Å². The van der Waals surface area contributed by atoms with Gasteiger partial charge in [0, 0.05) is 25.4 Å². The topological polar surface area (TPSA) is 66.4 Å². The highest BCUT2D eigenvalue weighted by atomic mass is 16.5. The summed E-state index contributed by atoms with van der Waals surface area (Å²) in [5, 5.41) is 13.4. The van der Waals surface area contributed by atoms with E-state index in [1.54, 1.807) is 16.8 Å². The Morgan fingerprint density at radius 2 is 1.86 bits per heavy atom. The van der Waals surface area contributed by atoms with Crippen molar-refractivity contribution < 1.29 is 4.74 Å². The molecule has 2 heterocycles. The molecule has 0 bridgehead atoms. The van der Waals surface area contributed by atoms with Crippen molar-refractivity contribution in [3.63, 3.8) is 0 Å². The van der Waals surface area contributed by atoms with E-state index in [1.165, 1.54) is 19.3 Å². The van der Waals surface area contributed by atoms with Crippen molar-refractivity contribution in [1.29, 1.82) is 5.26 Å². The fourth-order valence-corrected chi connectivity index (χ4v) is 3.32. The van der Waals surface area contributed by atoms with Crippen LogP contribution < -0.4 is 4.74 Å². The van der Waals surface area contributed by atoms with Gasteiger partial charge in [-0.2, -0.15) is 5.26 Å². The number of piperidine rings is 1. The summed E-state index contributed by atoms with van der Waals surface area (Å²) >= 11 is 0. The molecule has 1 aliphatic rings. The number of benzene rings is 2. The molecule has 0 amide bonds. The van der Waals surface area contributed by atoms with Gasteiger partial charge in [0.25, 0.3) is 0 Å². The maximum absolute atomic E-state index is 8.91. The number of ether oxygens (including phenoxy) is 1. The third-order valence-corrected chi connectivity index (χ3v) is 4.96. The van der Waals surface area contributed by atoms with Gasteiger partial charge in [-0.1, -0.05) is 0 Å². The SMILES string of the molecule is Cc1cc(/N=C/N2CCCCC2)ccc1Oc1ccn(-c2ccc(C#N)cc2)n1. The van der Waals surface area contributed by atoms with Crippen LogP contribution in [0, 0.1) is 18.3 Å². The Morgan fingerprint density at radius 1 is 1.07 bits per heavy atom. The van der Waals surface area contributed by atoms with Gasteiger partial charge in [0.05, 0.1) is 29.3 Å². The first-order valence-electron chi connectivity index (χ1n) is 9.84. The van der Waals surface area contributed by atoms with Gasteiger partial charge in [-0.05, 0) is 74.2 Å². The highest BCUT2D eigenvalue weighted by molar-refractivity contribution is 5.62. The van der Waals surface area contributed by atoms with Gasteiger partial charge in [0.15, 0.2) is 0 Å². The van der Waals surface area contributed by atoms with E-state index < -0.39 is 0 Å². The minimum Gasteiger partial charge on any atom is -0.437 e. The molecule has 1 aliphatic heterocycles. The van der Waals surface area contributed by atoms with E-state index in [9.17, 15) is 0 Å². The number of aliphatic imine (C=N–C) groups is 1. The van der Waals surface area contributed by atoms with Crippen molar-refractivity contribution in [3.8, 4) is 23.4 Å². The molecule has 2 aromatic carbocycles. The van der Waals surface area contributed by atoms with Crippen molar-refractivity contribution in [1.82, 2.24) is 14.7 Å². The zero-order valence-electron chi connectivity index (χ0n) is 16.5. The van der Waals surface area contributed by atoms with Crippen LogP contribution in [0.1, 0.15) is 30.4 Å². The molecule has 1 saturated heterocycles. The number of hydrogen-bond donors (Lipinski definition) is 0. The van der Waals surface area contributed by atoms with Gasteiger partial charge in [-0.15, -0.1) is 5.10 Å². The van der Waals surface area contributed by atoms with E-state index in [4.69, 9.17) is 10.00 Å². The van der Waals surface area contributed by atoms with Gasteiger partial charge in [-0.3, -0.25) is 0 Å². The largest absolute Gasteiger partial charge is 0.437 e. The molecule has 146 valence electrons. The summed E-state index contributed by atoms with van der Waals surface area (Å²) in [5.41, 5.74) is 3.42. The Bertz CT molecular complexity index is 1040. The lowest BCUT2D eigenvalue weighted by Gasteiger charge is -2.23. The van der Waals surface area contributed by atoms with E-state index in [0.29, 0.717) is 11.4 Å². The second-order valence-electron chi connectivity index (χ2n) is 7.15. The fraction of sp³-hybridized carbons (Fsp3) is 0.261. The van der Waals surface area contributed by atoms with Gasteiger partial charge >= 0.3 is 0 Å². The van der Waals surface area contributed by atoms with Crippen molar-refractivity contribution in [2.75, 3.05) is 13.1 Å². The number of nitriles is 1. The average Bonchev–Trinajstić information content (AvgIpc) is 3.23. The third-order valence-electron chi connectivity index (χ3n) is 4.96. The first-order chi connectivity index (χ1) is 14.2. The molecule has 6 heteroatoms. The predicted molar refractivity (Wildman–Crippen MR) is 113 cm³/mol. The Labute approximate surface area is 170 Å². The van der Waals surface area contributed by atoms with E-state index in [2.05, 4.69) is 21.1 Å². The van der Waals surface area contributed by atoms with Gasteiger partial charge in [0.2, 0.25) is 5.88 Å². The van der Waals surface area contributed by atoms with Crippen LogP contribution in [0.4, 0.5) is 5.69 Å². The zero-order valence-corrected chi connectivity index (χ0v) is 16.5. The second-order valence-corrected chi connectivity index (χ2v) is 7.15. The first kappa shape index (κ1) is 18.8. The van der Waals surface area contributed by atoms with Crippen LogP contribution in [0.15, 0.2) is 59.7 Å². The summed E-state index contributed by atoms with van der Waals surface area (Å²) in [6, 6.07) is 17.1. The molecule has 0 atom stereocenters. The van der Waals surface area contributed by atoms with E-state index >= 15 is 0 Å². The molecule has 3 aromatic rings. The summed E-state index contributed by atoms with van der Waals surface area (Å²) in [7, 11) is 0. The summed E-state index contributed by atoms with van der Waals surface area (Å²) in [4.78, 5) is 6.88. The second kappa shape index (κ2) is 8.61. The molecule has 1 aromatic heterocycles. The van der Waals surface area contributed by atoms with Crippen LogP contribution in [0.3, 0.4) is 0 Å². The maximum atomic E-state index is 8.91. The Balaban J connectivity index is 1.43. The quantitative estimate of drug-likeness (QED) is 0.458. The maximum Gasteiger partial charge on any atom is 0.238 e. The number of rotatable bonds is 5. The number of hydrogen-bond acceptors (Lipinski definition) is 4. The van der Waals surface area contributed by atoms with Crippen LogP contribution in [-0.2, 0) is 0 Å². The van der Waals surface area contributed by atoms with Crippen molar-refractivity contribution >= 4 is 12.0 Å². The molecular formula is C23H23N5O. The lowest BCUT2D eigenvalue weighted by molar-refractivity contribution is 0.351. The molecule has 1 fully saturated rings. The Kier molecular flexibility index (Phi) is 5.57. The number of aromatic nitrogens is 2. The fourth-order valence-electron chi connectivity index (χ4n) is 3.32. The molecule has 0 unspecified atom stereocenters. The number of aryl methyl sites for hydroxylation is 1. The Morgan fingerprint density at radius 3 is 2.59 bits per heavy atom. The molecule has 0 N–H and O–H groups in total. The molecule has 0 spiro atoms. The summed E-state index contributed by atoms with van der Waals surface area (Å²) in [6.45, 7) is 4.18. The highest BCUT2D eigenvalue weighted by Crippen LogP contribution is 2.28. The number of nitrogens with zero attached hydrogens (tertiary/aromatic N) is 5. The van der Waals surface area contributed by atoms with Gasteiger partial charge < -0.3 is 9.64 Å². The highest BCUT2D eigenvalue weighted by Gasteiger charge is 2.08. The summed E-state index contributed by atoms with van der Waals surface area (Å²) in [6.07, 6.45) is 7.59. The smallest absolute Gasteiger partial charge is 0.238 e. The van der Waals surface area contributed by atoms with E-state index in [1.807, 2.05) is 55.9 Å². The lowest BCUT2D eigenvalue weighted by Crippen LogP contribution is -2.27. The van der Waals surface area contributed by atoms with Crippen LogP contribution in [0.5, 0.6) is 11.6 Å². The number of likely N-dealkylation sites (tertiary alicyclic amines) is 1. The van der Waals surface area contributed by atoms with Crippen molar-refractivity contribution in [2.24, 2.45) is 4.99 Å². The summed E-state index contributed by atoms with van der Waals surface area (Å²) < 4.78 is 7.68. The lowest BCUT2D eigenvalue weighted by atomic mass is 10.1. The van der Waals surface area contributed by atoms with Crippen LogP contribution >= 0.6 is 0 Å². The standard InChI is InChI=1S/C23H23N5O/c1-18-15-20(25-17-27-12-3-2-4-13-27)7-10-22(18)29-23-11-14-28(26-23)21-8-5-19(16-24)6-9-21/h5-11,14-15,17H,2-4,12-13H2,1H3/b25-17+. The molecule has 0 aliphatic carbocycles. The van der Waals surface area contributed by atoms with Gasteiger partial charge in [0.1, 0.15) is 5.75 Å². The van der Waals surface area contributed by atoms with Crippen LogP contribution in [0.25, 0.3) is 5.69 Å². The molecule has 29 heavy (non-hydrogen) atoms. The minimum absolute atomic E-state index is 0.516. The van der Waals surface area contributed by atoms with E-state index in [0.717, 1.165) is 35.8 Å². The minimum atomic E-state index is 0.516. The Hall–Kier alpha value is -3.59. The molecule has 4 rings (SSSR count). The molecule has 6 nitrogen and oxygen atoms in total. The van der Waals surface area contributed by atoms with Crippen LogP contribution in [-0.4, -0.2) is 34.1 Å². The first-order valence-corrected chi connectivity index (χ1v) is 9.84. The zero-order chi connectivity index (χ0) is 20.1. The summed E-state index contributed by atoms with van der Waals surface area (Å²) in [5.74, 6) is 1.27. The molecular weight excluding hydrogens is 362 g/mol.